The summed E-state index contributed by atoms with van der Waals surface area (Å²) in [5, 5.41) is 42.3. The zero-order valence-corrected chi connectivity index (χ0v) is 38.0. The Morgan fingerprint density at radius 2 is 1.42 bits per heavy atom. The monoisotopic (exact) mass is 865 g/mol. The quantitative estimate of drug-likeness (QED) is 0.189. The number of aliphatic hydroxyl groups excluding tert-OH is 4. The lowest BCUT2D eigenvalue weighted by molar-refractivity contribution is -0.310. The van der Waals surface area contributed by atoms with Crippen molar-refractivity contribution >= 4 is 12.0 Å². The number of cyclic esters (lactones) is 1. The number of aromatic nitrogens is 1. The van der Waals surface area contributed by atoms with Gasteiger partial charge in [-0.15, -0.1) is 0 Å². The standard InChI is InChI=1S/C49H71NO12/c1-31-21-15-11-14-18-26-43(54)62-45(35(5)40(53)28-34(4)51)32(2)22-16-12-13-17-24-39(52)29-42(56-8)36(6)48-50-38(30-59-48)23-19-20-25-41(33(3)27-31)61-49-47(58-10)46(57-9)44(55)37(7)60-49/h11-27,30,32-37,39-42,44-47,49,51-53,55H,28-29H2,1-10H3/b13-12-,14-11-,21-15-,22-16-,23-19-,24-17-,25-20-,26-18-,31-27-/t32?,33?,34?,35?,36?,37-,39?,40?,41?,42?,44-,45?,46+,47-,49-/m1/s1. The number of nitrogens with zero attached hydrogens (tertiary/aromatic N) is 1. The predicted molar refractivity (Wildman–Crippen MR) is 240 cm³/mol. The second kappa shape index (κ2) is 27.2. The number of carbonyl (C=O) groups is 1. The minimum absolute atomic E-state index is 0.141. The van der Waals surface area contributed by atoms with Crippen LogP contribution in [0.2, 0.25) is 0 Å². The summed E-state index contributed by atoms with van der Waals surface area (Å²) in [7, 11) is 4.63. The van der Waals surface area contributed by atoms with E-state index in [1.165, 1.54) is 20.3 Å². The molecule has 0 radical (unpaired) electrons. The van der Waals surface area contributed by atoms with Gasteiger partial charge in [-0.2, -0.15) is 0 Å². The van der Waals surface area contributed by atoms with E-state index >= 15 is 0 Å². The van der Waals surface area contributed by atoms with Crippen LogP contribution in [-0.2, 0) is 33.2 Å². The summed E-state index contributed by atoms with van der Waals surface area (Å²) in [6, 6.07) is 0. The van der Waals surface area contributed by atoms with Crippen LogP contribution in [0, 0.1) is 17.8 Å². The summed E-state index contributed by atoms with van der Waals surface area (Å²) in [4.78, 5) is 17.7. The number of hydrogen-bond donors (Lipinski definition) is 4. The molecule has 1 aromatic rings. The molecule has 10 unspecified atom stereocenters. The zero-order valence-electron chi connectivity index (χ0n) is 38.0. The third-order valence-corrected chi connectivity index (χ3v) is 11.1. The highest BCUT2D eigenvalue weighted by Gasteiger charge is 2.46. The highest BCUT2D eigenvalue weighted by Crippen LogP contribution is 2.30. The van der Waals surface area contributed by atoms with Gasteiger partial charge in [0.25, 0.3) is 0 Å². The van der Waals surface area contributed by atoms with Gasteiger partial charge in [0.15, 0.2) is 12.2 Å². The molecule has 13 nitrogen and oxygen atoms in total. The SMILES string of the molecule is COC1CC(O)\C=C/C=C\C=C/C(C)C(C(C)C(O)CC(C)O)OC(=O)\C=C/C=C\C=C/C(C)=C\C(C)C(O[C@H]2O[C@H](C)[C@@H](O)[C@H](OC)[C@H]2OC)/C=C\C=C/c2coc(n2)C1C. The molecule has 1 aromatic heterocycles. The van der Waals surface area contributed by atoms with E-state index in [1.54, 1.807) is 76.7 Å². The molecule has 15 atom stereocenters. The van der Waals surface area contributed by atoms with Crippen LogP contribution >= 0.6 is 0 Å². The molecule has 0 aliphatic carbocycles. The molecule has 13 heteroatoms. The van der Waals surface area contributed by atoms with Gasteiger partial charge in [-0.05, 0) is 33.3 Å². The molecule has 3 rings (SSSR count). The van der Waals surface area contributed by atoms with Crippen molar-refractivity contribution in [2.45, 2.75) is 135 Å². The second-order valence-electron chi connectivity index (χ2n) is 16.2. The number of ether oxygens (including phenoxy) is 6. The molecule has 0 saturated carbocycles. The van der Waals surface area contributed by atoms with Gasteiger partial charge in [-0.3, -0.25) is 0 Å². The maximum atomic E-state index is 13.0. The Balaban J connectivity index is 1.96. The molecule has 1 saturated heterocycles. The fourth-order valence-corrected chi connectivity index (χ4v) is 7.36. The normalized spacial score (nSPS) is 37.7. The van der Waals surface area contributed by atoms with Crippen LogP contribution in [0.15, 0.2) is 113 Å². The van der Waals surface area contributed by atoms with Crippen LogP contribution in [0.1, 0.15) is 78.8 Å². The summed E-state index contributed by atoms with van der Waals surface area (Å²) in [6.45, 7) is 13.0. The van der Waals surface area contributed by atoms with E-state index in [4.69, 9.17) is 32.8 Å². The minimum atomic E-state index is -0.903. The fraction of sp³-hybridized carbons (Fsp3) is 0.551. The van der Waals surface area contributed by atoms with Crippen LogP contribution in [0.3, 0.4) is 0 Å². The first-order valence-corrected chi connectivity index (χ1v) is 21.4. The van der Waals surface area contributed by atoms with Crippen LogP contribution < -0.4 is 0 Å². The third kappa shape index (κ3) is 16.9. The Bertz CT molecular complexity index is 1750. The molecular weight excluding hydrogens is 795 g/mol. The fourth-order valence-electron chi connectivity index (χ4n) is 7.36. The average Bonchev–Trinajstić information content (AvgIpc) is 3.71. The van der Waals surface area contributed by atoms with E-state index in [9.17, 15) is 25.2 Å². The summed E-state index contributed by atoms with van der Waals surface area (Å²) in [5.74, 6) is -1.26. The molecule has 1 fully saturated rings. The number of allylic oxidation sites excluding steroid dienone is 12. The number of esters is 1. The lowest BCUT2D eigenvalue weighted by Crippen LogP contribution is -2.59. The Hall–Kier alpha value is -4.02. The van der Waals surface area contributed by atoms with Crippen molar-refractivity contribution < 1.29 is 58.1 Å². The Labute approximate surface area is 368 Å². The number of aliphatic hydroxyl groups is 4. The molecule has 3 heterocycles. The van der Waals surface area contributed by atoms with E-state index in [0.29, 0.717) is 18.0 Å². The van der Waals surface area contributed by atoms with Gasteiger partial charge in [0.2, 0.25) is 0 Å². The van der Waals surface area contributed by atoms with Crippen molar-refractivity contribution in [3.8, 4) is 0 Å². The number of methoxy groups -OCH3 is 3. The summed E-state index contributed by atoms with van der Waals surface area (Å²) >= 11 is 0. The predicted octanol–water partition coefficient (Wildman–Crippen LogP) is 6.88. The smallest absolute Gasteiger partial charge is 0.331 e. The average molecular weight is 866 g/mol. The topological polar surface area (TPSA) is 179 Å². The second-order valence-corrected chi connectivity index (χ2v) is 16.2. The Morgan fingerprint density at radius 3 is 2.08 bits per heavy atom. The van der Waals surface area contributed by atoms with Crippen LogP contribution in [-0.4, -0.2) is 120 Å². The summed E-state index contributed by atoms with van der Waals surface area (Å²) in [5.41, 5.74) is 1.56. The molecule has 2 aliphatic heterocycles. The summed E-state index contributed by atoms with van der Waals surface area (Å²) in [6.07, 6.45) is 24.8. The van der Waals surface area contributed by atoms with Gasteiger partial charge in [-0.1, -0.05) is 124 Å². The van der Waals surface area contributed by atoms with E-state index in [1.807, 2.05) is 76.3 Å². The van der Waals surface area contributed by atoms with Gasteiger partial charge in [-0.25, -0.2) is 9.78 Å². The first-order chi connectivity index (χ1) is 29.6. The molecule has 0 spiro atoms. The molecule has 4 N–H and O–H groups in total. The van der Waals surface area contributed by atoms with Crippen molar-refractivity contribution in [2.24, 2.45) is 17.8 Å². The van der Waals surface area contributed by atoms with Crippen molar-refractivity contribution in [3.63, 3.8) is 0 Å². The Kier molecular flexibility index (Phi) is 23.0. The number of oxazole rings is 1. The van der Waals surface area contributed by atoms with E-state index < -0.39 is 73.1 Å². The molecule has 0 aromatic carbocycles. The van der Waals surface area contributed by atoms with E-state index in [0.717, 1.165) is 5.57 Å². The molecule has 62 heavy (non-hydrogen) atoms. The van der Waals surface area contributed by atoms with Crippen LogP contribution in [0.5, 0.6) is 0 Å². The van der Waals surface area contributed by atoms with Crippen molar-refractivity contribution in [2.75, 3.05) is 21.3 Å². The van der Waals surface area contributed by atoms with Gasteiger partial charge in [0.1, 0.15) is 36.4 Å². The highest BCUT2D eigenvalue weighted by molar-refractivity contribution is 5.82. The third-order valence-electron chi connectivity index (χ3n) is 11.1. The molecule has 2 aliphatic rings. The van der Waals surface area contributed by atoms with Crippen LogP contribution in [0.25, 0.3) is 6.08 Å². The van der Waals surface area contributed by atoms with E-state index in [-0.39, 0.29) is 30.3 Å². The largest absolute Gasteiger partial charge is 0.458 e. The first-order valence-electron chi connectivity index (χ1n) is 21.4. The summed E-state index contributed by atoms with van der Waals surface area (Å²) < 4.78 is 41.4. The van der Waals surface area contributed by atoms with Gasteiger partial charge >= 0.3 is 5.97 Å². The number of carbonyl (C=O) groups excluding carboxylic acids is 1. The lowest BCUT2D eigenvalue weighted by atomic mass is 9.86. The maximum Gasteiger partial charge on any atom is 0.331 e. The number of rotatable bonds is 9. The molecule has 344 valence electrons. The van der Waals surface area contributed by atoms with Crippen molar-refractivity contribution in [3.05, 3.63) is 121 Å². The highest BCUT2D eigenvalue weighted by atomic mass is 16.7. The van der Waals surface area contributed by atoms with Gasteiger partial charge < -0.3 is 53.3 Å². The van der Waals surface area contributed by atoms with Gasteiger partial charge in [0, 0.05) is 51.6 Å². The molecular formula is C49H71NO12. The van der Waals surface area contributed by atoms with E-state index in [2.05, 4.69) is 11.1 Å². The van der Waals surface area contributed by atoms with Crippen LogP contribution in [0.4, 0.5) is 0 Å². The Morgan fingerprint density at radius 1 is 0.790 bits per heavy atom. The molecule has 0 amide bonds. The van der Waals surface area contributed by atoms with Crippen molar-refractivity contribution in [1.82, 2.24) is 4.98 Å². The number of hydrogen-bond acceptors (Lipinski definition) is 13. The van der Waals surface area contributed by atoms with Crippen molar-refractivity contribution in [1.29, 1.82) is 0 Å². The lowest BCUT2D eigenvalue weighted by Gasteiger charge is -2.43. The maximum absolute atomic E-state index is 13.0. The zero-order chi connectivity index (χ0) is 45.8. The molecule has 2 bridgehead atoms. The first kappa shape index (κ1) is 52.3. The number of fused-ring (bicyclic) bond motifs is 2. The van der Waals surface area contributed by atoms with Gasteiger partial charge in [0.05, 0.1) is 42.5 Å². The minimum Gasteiger partial charge on any atom is -0.458 e.